The van der Waals surface area contributed by atoms with Crippen LogP contribution in [-0.4, -0.2) is 48.3 Å². The molecule has 8 nitrogen and oxygen atoms in total. The van der Waals surface area contributed by atoms with Gasteiger partial charge in [0, 0.05) is 22.9 Å². The van der Waals surface area contributed by atoms with E-state index in [0.29, 0.717) is 38.7 Å². The van der Waals surface area contributed by atoms with Crippen molar-refractivity contribution in [3.05, 3.63) is 140 Å². The van der Waals surface area contributed by atoms with Gasteiger partial charge in [-0.15, -0.1) is 0 Å². The molecule has 0 N–H and O–H groups in total. The molecule has 0 aliphatic carbocycles. The average molecular weight is 748 g/mol. The highest BCUT2D eigenvalue weighted by atomic mass is 35.5. The first-order chi connectivity index (χ1) is 24.8. The van der Waals surface area contributed by atoms with Crippen LogP contribution in [0.25, 0.3) is 0 Å². The van der Waals surface area contributed by atoms with E-state index in [1.807, 2.05) is 52.0 Å². The maximum atomic E-state index is 13.4. The molecule has 0 heterocycles. The minimum Gasteiger partial charge on any atom is -0.459 e. The SMILES string of the molecule is CCC(CC(CC(C)C(CC(C)OC(=O)c1ccc(Cl)cc1)OC(=O)c1ccc(Cl)cc1)OC(=O)c1ccc(C)cc1)OC(=O)c1ccc(C)cc1. The van der Waals surface area contributed by atoms with Gasteiger partial charge in [-0.25, -0.2) is 19.2 Å². The van der Waals surface area contributed by atoms with Crippen molar-refractivity contribution in [2.24, 2.45) is 5.92 Å². The van der Waals surface area contributed by atoms with Crippen molar-refractivity contribution >= 4 is 47.1 Å². The Morgan fingerprint density at radius 1 is 0.500 bits per heavy atom. The van der Waals surface area contributed by atoms with E-state index in [2.05, 4.69) is 0 Å². The summed E-state index contributed by atoms with van der Waals surface area (Å²) in [6, 6.07) is 26.8. The van der Waals surface area contributed by atoms with Crippen LogP contribution in [0.3, 0.4) is 0 Å². The van der Waals surface area contributed by atoms with Gasteiger partial charge in [0.05, 0.1) is 22.3 Å². The summed E-state index contributed by atoms with van der Waals surface area (Å²) >= 11 is 12.0. The highest BCUT2D eigenvalue weighted by Crippen LogP contribution is 2.27. The lowest BCUT2D eigenvalue weighted by atomic mass is 9.91. The van der Waals surface area contributed by atoms with Gasteiger partial charge in [-0.2, -0.15) is 0 Å². The van der Waals surface area contributed by atoms with Crippen molar-refractivity contribution in [3.8, 4) is 0 Å². The molecule has 5 unspecified atom stereocenters. The Hall–Kier alpha value is -4.66. The fraction of sp³-hybridized carbons (Fsp3) is 0.333. The van der Waals surface area contributed by atoms with E-state index in [-0.39, 0.29) is 19.3 Å². The van der Waals surface area contributed by atoms with Gasteiger partial charge in [-0.1, -0.05) is 72.4 Å². The molecule has 0 aliphatic rings. The number of carbonyl (C=O) groups excluding carboxylic acids is 4. The van der Waals surface area contributed by atoms with Gasteiger partial charge >= 0.3 is 23.9 Å². The highest BCUT2D eigenvalue weighted by Gasteiger charge is 2.32. The van der Waals surface area contributed by atoms with Crippen molar-refractivity contribution in [2.75, 3.05) is 0 Å². The molecule has 4 aromatic rings. The molecule has 0 fully saturated rings. The maximum Gasteiger partial charge on any atom is 0.338 e. The molecular formula is C42H44Cl2O8. The van der Waals surface area contributed by atoms with Crippen molar-refractivity contribution in [3.63, 3.8) is 0 Å². The van der Waals surface area contributed by atoms with Crippen LogP contribution in [0.1, 0.15) is 99.0 Å². The van der Waals surface area contributed by atoms with Gasteiger partial charge in [0.1, 0.15) is 24.4 Å². The first-order valence-corrected chi connectivity index (χ1v) is 18.0. The normalized spacial score (nSPS) is 13.9. The predicted molar refractivity (Wildman–Crippen MR) is 201 cm³/mol. The Labute approximate surface area is 315 Å². The second-order valence-corrected chi connectivity index (χ2v) is 13.9. The van der Waals surface area contributed by atoms with Crippen LogP contribution in [0.5, 0.6) is 0 Å². The van der Waals surface area contributed by atoms with Crippen LogP contribution < -0.4 is 0 Å². The summed E-state index contributed by atoms with van der Waals surface area (Å²) in [5.41, 5.74) is 3.42. The third-order valence-electron chi connectivity index (χ3n) is 8.66. The molecule has 52 heavy (non-hydrogen) atoms. The number of benzene rings is 4. The maximum absolute atomic E-state index is 13.4. The Morgan fingerprint density at radius 2 is 0.865 bits per heavy atom. The molecule has 0 aromatic heterocycles. The molecule has 4 aromatic carbocycles. The van der Waals surface area contributed by atoms with E-state index in [4.69, 9.17) is 42.1 Å². The Balaban J connectivity index is 1.56. The Morgan fingerprint density at radius 3 is 1.29 bits per heavy atom. The summed E-state index contributed by atoms with van der Waals surface area (Å²) in [5.74, 6) is -2.55. The molecule has 10 heteroatoms. The minimum atomic E-state index is -0.771. The number of hydrogen-bond donors (Lipinski definition) is 0. The van der Waals surface area contributed by atoms with Crippen molar-refractivity contribution < 1.29 is 38.1 Å². The van der Waals surface area contributed by atoms with E-state index >= 15 is 0 Å². The summed E-state index contributed by atoms with van der Waals surface area (Å²) in [6.07, 6.45) is -1.68. The molecule has 0 amide bonds. The first kappa shape index (κ1) is 40.1. The number of aryl methyl sites for hydroxylation is 2. The molecule has 0 spiro atoms. The van der Waals surface area contributed by atoms with Crippen LogP contribution in [0.15, 0.2) is 97.1 Å². The molecule has 5 atom stereocenters. The van der Waals surface area contributed by atoms with Crippen molar-refractivity contribution in [1.82, 2.24) is 0 Å². The van der Waals surface area contributed by atoms with Gasteiger partial charge in [-0.05, 0) is 112 Å². The molecule has 0 saturated heterocycles. The molecule has 274 valence electrons. The van der Waals surface area contributed by atoms with Gasteiger partial charge < -0.3 is 18.9 Å². The largest absolute Gasteiger partial charge is 0.459 e. The van der Waals surface area contributed by atoms with Gasteiger partial charge in [0.15, 0.2) is 0 Å². The molecule has 0 bridgehead atoms. The number of esters is 4. The summed E-state index contributed by atoms with van der Waals surface area (Å²) in [5, 5.41) is 0.955. The lowest BCUT2D eigenvalue weighted by Crippen LogP contribution is -2.35. The third-order valence-corrected chi connectivity index (χ3v) is 9.17. The second-order valence-electron chi connectivity index (χ2n) is 13.1. The molecule has 0 saturated carbocycles. The highest BCUT2D eigenvalue weighted by molar-refractivity contribution is 6.31. The van der Waals surface area contributed by atoms with Gasteiger partial charge in [-0.3, -0.25) is 0 Å². The Bertz CT molecular complexity index is 1790. The van der Waals surface area contributed by atoms with E-state index in [1.54, 1.807) is 79.7 Å². The molecule has 4 rings (SSSR count). The number of hydrogen-bond acceptors (Lipinski definition) is 8. The van der Waals surface area contributed by atoms with Gasteiger partial charge in [0.25, 0.3) is 0 Å². The van der Waals surface area contributed by atoms with Crippen molar-refractivity contribution in [1.29, 1.82) is 0 Å². The van der Waals surface area contributed by atoms with E-state index in [9.17, 15) is 19.2 Å². The fourth-order valence-corrected chi connectivity index (χ4v) is 5.82. The summed E-state index contributed by atoms with van der Waals surface area (Å²) in [6.45, 7) is 9.34. The average Bonchev–Trinajstić information content (AvgIpc) is 3.11. The first-order valence-electron chi connectivity index (χ1n) is 17.3. The predicted octanol–water partition coefficient (Wildman–Crippen LogP) is 10.0. The van der Waals surface area contributed by atoms with E-state index in [1.165, 1.54) is 0 Å². The number of rotatable bonds is 16. The lowest BCUT2D eigenvalue weighted by molar-refractivity contribution is -0.0310. The molecular weight excluding hydrogens is 703 g/mol. The van der Waals surface area contributed by atoms with Crippen LogP contribution in [-0.2, 0) is 18.9 Å². The van der Waals surface area contributed by atoms with Gasteiger partial charge in [0.2, 0.25) is 0 Å². The molecule has 0 radical (unpaired) electrons. The fourth-order valence-electron chi connectivity index (χ4n) is 5.57. The number of carbonyl (C=O) groups is 4. The number of ether oxygens (including phenoxy) is 4. The standard InChI is InChI=1S/C42H44Cl2O8/c1-6-36(50-40(46)30-11-7-26(2)8-12-30)25-37(51-41(47)31-13-9-27(3)10-14-31)23-28(4)38(52-42(48)33-17-21-35(44)22-18-33)24-29(5)49-39(45)32-15-19-34(43)20-16-32/h7-22,28-29,36-38H,6,23-25H2,1-5H3. The summed E-state index contributed by atoms with van der Waals surface area (Å²) < 4.78 is 23.8. The minimum absolute atomic E-state index is 0.151. The summed E-state index contributed by atoms with van der Waals surface area (Å²) in [7, 11) is 0. The van der Waals surface area contributed by atoms with E-state index < -0.39 is 54.2 Å². The van der Waals surface area contributed by atoms with Crippen molar-refractivity contribution in [2.45, 2.75) is 84.7 Å². The zero-order chi connectivity index (χ0) is 37.8. The number of halogens is 2. The zero-order valence-corrected chi connectivity index (χ0v) is 31.5. The molecule has 0 aliphatic heterocycles. The smallest absolute Gasteiger partial charge is 0.338 e. The summed E-state index contributed by atoms with van der Waals surface area (Å²) in [4.78, 5) is 52.8. The topological polar surface area (TPSA) is 105 Å². The van der Waals surface area contributed by atoms with Crippen LogP contribution in [0.2, 0.25) is 10.0 Å². The Kier molecular flexibility index (Phi) is 14.9. The van der Waals surface area contributed by atoms with Crippen LogP contribution in [0.4, 0.5) is 0 Å². The van der Waals surface area contributed by atoms with Crippen LogP contribution in [0, 0.1) is 19.8 Å². The van der Waals surface area contributed by atoms with Crippen LogP contribution >= 0.6 is 23.2 Å². The quantitative estimate of drug-likeness (QED) is 0.0824. The monoisotopic (exact) mass is 746 g/mol. The lowest BCUT2D eigenvalue weighted by Gasteiger charge is -2.30. The zero-order valence-electron chi connectivity index (χ0n) is 30.0. The second kappa shape index (κ2) is 19.3. The third kappa shape index (κ3) is 12.2. The van der Waals surface area contributed by atoms with E-state index in [0.717, 1.165) is 11.1 Å².